The summed E-state index contributed by atoms with van der Waals surface area (Å²) in [5.41, 5.74) is 0. The first-order valence-electron chi connectivity index (χ1n) is 9.72. The Kier molecular flexibility index (Phi) is 17.0. The number of carbonyl (C=O) groups is 2. The molecule has 0 N–H and O–H groups in total. The summed E-state index contributed by atoms with van der Waals surface area (Å²) in [6, 6.07) is 0. The first-order chi connectivity index (χ1) is 11.7. The zero-order chi connectivity index (χ0) is 17.9. The zero-order valence-electron chi connectivity index (χ0n) is 15.7. The minimum Gasteiger partial charge on any atom is -0.463 e. The van der Waals surface area contributed by atoms with Crippen molar-refractivity contribution in [2.45, 2.75) is 90.9 Å². The normalized spacial score (nSPS) is 10.9. The van der Waals surface area contributed by atoms with Gasteiger partial charge in [0.1, 0.15) is 0 Å². The summed E-state index contributed by atoms with van der Waals surface area (Å²) in [4.78, 5) is 22.8. The Labute approximate surface area is 148 Å². The molecule has 0 atom stereocenters. The number of hydrogen-bond donors (Lipinski definition) is 0. The summed E-state index contributed by atoms with van der Waals surface area (Å²) in [6.07, 6.45) is 16.3. The number of rotatable bonds is 16. The Balaban J connectivity index is 3.42. The fourth-order valence-corrected chi connectivity index (χ4v) is 2.34. The molecule has 0 heterocycles. The molecule has 0 spiro atoms. The van der Waals surface area contributed by atoms with E-state index in [9.17, 15) is 9.59 Å². The number of hydrogen-bond acceptors (Lipinski definition) is 4. The summed E-state index contributed by atoms with van der Waals surface area (Å²) in [5.74, 6) is -0.953. The van der Waals surface area contributed by atoms with Crippen molar-refractivity contribution in [1.82, 2.24) is 0 Å². The molecule has 0 bridgehead atoms. The second kappa shape index (κ2) is 18.0. The molecule has 0 saturated heterocycles. The lowest BCUT2D eigenvalue weighted by molar-refractivity contribution is -0.140. The number of ether oxygens (including phenoxy) is 2. The maximum Gasteiger partial charge on any atom is 0.331 e. The molecule has 0 aliphatic carbocycles. The summed E-state index contributed by atoms with van der Waals surface area (Å²) >= 11 is 0. The summed E-state index contributed by atoms with van der Waals surface area (Å²) in [7, 11) is 0. The van der Waals surface area contributed by atoms with Gasteiger partial charge in [0.25, 0.3) is 0 Å². The van der Waals surface area contributed by atoms with Gasteiger partial charge < -0.3 is 9.47 Å². The molecule has 0 aliphatic rings. The molecule has 0 aromatic rings. The SMILES string of the molecule is CCCCCCCCCCCOC(=O)/C=C\C(=O)OCCCCC. The molecule has 0 fully saturated rings. The quantitative estimate of drug-likeness (QED) is 0.216. The largest absolute Gasteiger partial charge is 0.463 e. The number of carbonyl (C=O) groups excluding carboxylic acids is 2. The Morgan fingerprint density at radius 1 is 0.583 bits per heavy atom. The molecule has 4 nitrogen and oxygen atoms in total. The van der Waals surface area contributed by atoms with Crippen LogP contribution in [-0.4, -0.2) is 25.2 Å². The van der Waals surface area contributed by atoms with Gasteiger partial charge in [-0.05, 0) is 12.8 Å². The second-order valence-electron chi connectivity index (χ2n) is 6.20. The van der Waals surface area contributed by atoms with Crippen molar-refractivity contribution in [2.24, 2.45) is 0 Å². The summed E-state index contributed by atoms with van der Waals surface area (Å²) in [5, 5.41) is 0. The van der Waals surface area contributed by atoms with Crippen molar-refractivity contribution < 1.29 is 19.1 Å². The molecule has 0 aromatic heterocycles. The minimum atomic E-state index is -0.480. The van der Waals surface area contributed by atoms with Crippen LogP contribution in [0.15, 0.2) is 12.2 Å². The fraction of sp³-hybridized carbons (Fsp3) is 0.800. The van der Waals surface area contributed by atoms with Crippen LogP contribution in [0.2, 0.25) is 0 Å². The van der Waals surface area contributed by atoms with Gasteiger partial charge in [-0.1, -0.05) is 78.1 Å². The molecule has 140 valence electrons. The van der Waals surface area contributed by atoms with Crippen LogP contribution in [0, 0.1) is 0 Å². The fourth-order valence-electron chi connectivity index (χ4n) is 2.34. The maximum absolute atomic E-state index is 11.4. The van der Waals surface area contributed by atoms with Crippen LogP contribution >= 0.6 is 0 Å². The van der Waals surface area contributed by atoms with Crippen LogP contribution in [0.4, 0.5) is 0 Å². The predicted octanol–water partition coefficient (Wildman–Crippen LogP) is 5.35. The number of unbranched alkanes of at least 4 members (excludes halogenated alkanes) is 10. The molecule has 24 heavy (non-hydrogen) atoms. The van der Waals surface area contributed by atoms with Gasteiger partial charge in [0.05, 0.1) is 13.2 Å². The third kappa shape index (κ3) is 17.0. The average Bonchev–Trinajstić information content (AvgIpc) is 2.58. The average molecular weight is 341 g/mol. The van der Waals surface area contributed by atoms with Gasteiger partial charge in [0, 0.05) is 12.2 Å². The Morgan fingerprint density at radius 2 is 0.917 bits per heavy atom. The topological polar surface area (TPSA) is 52.6 Å². The highest BCUT2D eigenvalue weighted by atomic mass is 16.5. The van der Waals surface area contributed by atoms with Crippen molar-refractivity contribution in [1.29, 1.82) is 0 Å². The Bertz CT molecular complexity index is 337. The first-order valence-corrected chi connectivity index (χ1v) is 9.72. The van der Waals surface area contributed by atoms with E-state index in [0.29, 0.717) is 13.2 Å². The smallest absolute Gasteiger partial charge is 0.331 e. The highest BCUT2D eigenvalue weighted by Gasteiger charge is 2.01. The Hall–Kier alpha value is -1.32. The van der Waals surface area contributed by atoms with E-state index in [0.717, 1.165) is 44.3 Å². The molecule has 0 unspecified atom stereocenters. The minimum absolute atomic E-state index is 0.407. The van der Waals surface area contributed by atoms with Crippen LogP contribution in [0.3, 0.4) is 0 Å². The highest BCUT2D eigenvalue weighted by molar-refractivity contribution is 5.91. The van der Waals surface area contributed by atoms with Crippen LogP contribution in [0.1, 0.15) is 90.9 Å². The van der Waals surface area contributed by atoms with Crippen molar-refractivity contribution in [3.63, 3.8) is 0 Å². The molecular formula is C20H36O4. The zero-order valence-corrected chi connectivity index (χ0v) is 15.7. The van der Waals surface area contributed by atoms with Gasteiger partial charge in [0.15, 0.2) is 0 Å². The van der Waals surface area contributed by atoms with Gasteiger partial charge in [-0.25, -0.2) is 9.59 Å². The first kappa shape index (κ1) is 22.7. The van der Waals surface area contributed by atoms with E-state index in [1.54, 1.807) is 0 Å². The molecule has 0 amide bonds. The van der Waals surface area contributed by atoms with Crippen LogP contribution in [-0.2, 0) is 19.1 Å². The van der Waals surface area contributed by atoms with Crippen molar-refractivity contribution >= 4 is 11.9 Å². The van der Waals surface area contributed by atoms with Crippen LogP contribution in [0.25, 0.3) is 0 Å². The van der Waals surface area contributed by atoms with Gasteiger partial charge in [-0.3, -0.25) is 0 Å². The van der Waals surface area contributed by atoms with E-state index in [1.807, 2.05) is 0 Å². The van der Waals surface area contributed by atoms with E-state index in [-0.39, 0.29) is 0 Å². The lowest BCUT2D eigenvalue weighted by Gasteiger charge is -2.03. The second-order valence-corrected chi connectivity index (χ2v) is 6.20. The molecule has 4 heteroatoms. The van der Waals surface area contributed by atoms with Gasteiger partial charge in [-0.15, -0.1) is 0 Å². The number of esters is 2. The lowest BCUT2D eigenvalue weighted by atomic mass is 10.1. The maximum atomic E-state index is 11.4. The van der Waals surface area contributed by atoms with Crippen LogP contribution in [0.5, 0.6) is 0 Å². The molecule has 0 aromatic carbocycles. The van der Waals surface area contributed by atoms with E-state index in [2.05, 4.69) is 13.8 Å². The van der Waals surface area contributed by atoms with Crippen molar-refractivity contribution in [3.8, 4) is 0 Å². The molecule has 0 rings (SSSR count). The third-order valence-corrected chi connectivity index (χ3v) is 3.84. The van der Waals surface area contributed by atoms with Crippen LogP contribution < -0.4 is 0 Å². The highest BCUT2D eigenvalue weighted by Crippen LogP contribution is 2.09. The Morgan fingerprint density at radius 3 is 1.38 bits per heavy atom. The van der Waals surface area contributed by atoms with E-state index in [1.165, 1.54) is 44.9 Å². The van der Waals surface area contributed by atoms with E-state index in [4.69, 9.17) is 9.47 Å². The monoisotopic (exact) mass is 340 g/mol. The van der Waals surface area contributed by atoms with Gasteiger partial charge in [-0.2, -0.15) is 0 Å². The molecule has 0 radical (unpaired) electrons. The van der Waals surface area contributed by atoms with Gasteiger partial charge in [0.2, 0.25) is 0 Å². The standard InChI is InChI=1S/C20H36O4/c1-3-5-7-8-9-10-11-12-14-18-24-20(22)16-15-19(21)23-17-13-6-4-2/h15-16H,3-14,17-18H2,1-2H3/b16-15-. The molecular weight excluding hydrogens is 304 g/mol. The predicted molar refractivity (Wildman–Crippen MR) is 97.8 cm³/mol. The third-order valence-electron chi connectivity index (χ3n) is 3.84. The summed E-state index contributed by atoms with van der Waals surface area (Å²) in [6.45, 7) is 5.15. The van der Waals surface area contributed by atoms with Crippen molar-refractivity contribution in [2.75, 3.05) is 13.2 Å². The van der Waals surface area contributed by atoms with E-state index >= 15 is 0 Å². The molecule has 0 aliphatic heterocycles. The molecule has 0 saturated carbocycles. The van der Waals surface area contributed by atoms with E-state index < -0.39 is 11.9 Å². The van der Waals surface area contributed by atoms with Crippen molar-refractivity contribution in [3.05, 3.63) is 12.2 Å². The summed E-state index contributed by atoms with van der Waals surface area (Å²) < 4.78 is 10.0. The lowest BCUT2D eigenvalue weighted by Crippen LogP contribution is -2.06. The van der Waals surface area contributed by atoms with Gasteiger partial charge >= 0.3 is 11.9 Å².